The first kappa shape index (κ1) is 18.9. The van der Waals surface area contributed by atoms with Crippen LogP contribution in [0.3, 0.4) is 0 Å². The Hall–Kier alpha value is -2.41. The molecule has 2 aromatic rings. The lowest BCUT2D eigenvalue weighted by atomic mass is 10.1. The number of aromatic nitrogens is 2. The van der Waals surface area contributed by atoms with Crippen LogP contribution in [0.4, 0.5) is 0 Å². The number of halogens is 1. The molecule has 1 aromatic carbocycles. The summed E-state index contributed by atoms with van der Waals surface area (Å²) in [4.78, 5) is 14.5. The highest BCUT2D eigenvalue weighted by Gasteiger charge is 2.24. The van der Waals surface area contributed by atoms with E-state index in [0.29, 0.717) is 40.9 Å². The van der Waals surface area contributed by atoms with Crippen LogP contribution in [-0.4, -0.2) is 49.0 Å². The van der Waals surface area contributed by atoms with Gasteiger partial charge in [-0.3, -0.25) is 9.48 Å². The van der Waals surface area contributed by atoms with Crippen molar-refractivity contribution >= 4 is 17.5 Å². The molecule has 0 atom stereocenters. The molecule has 136 valence electrons. The zero-order valence-electron chi connectivity index (χ0n) is 15.0. The highest BCUT2D eigenvalue weighted by Crippen LogP contribution is 2.40. The molecule has 0 bridgehead atoms. The molecule has 0 aliphatic rings. The summed E-state index contributed by atoms with van der Waals surface area (Å²) < 4.78 is 17.7. The lowest BCUT2D eigenvalue weighted by molar-refractivity contribution is 0.0777. The summed E-state index contributed by atoms with van der Waals surface area (Å²) in [5.74, 6) is 0.970. The van der Waals surface area contributed by atoms with Crippen molar-refractivity contribution in [3.8, 4) is 17.2 Å². The topological polar surface area (TPSA) is 65.8 Å². The largest absolute Gasteiger partial charge is 0.493 e. The van der Waals surface area contributed by atoms with Gasteiger partial charge in [-0.05, 0) is 19.1 Å². The summed E-state index contributed by atoms with van der Waals surface area (Å²) >= 11 is 6.18. The van der Waals surface area contributed by atoms with Gasteiger partial charge in [0.05, 0.1) is 50.4 Å². The first-order valence-electron chi connectivity index (χ1n) is 7.73. The lowest BCUT2D eigenvalue weighted by Crippen LogP contribution is -2.28. The van der Waals surface area contributed by atoms with Crippen LogP contribution in [-0.2, 0) is 13.1 Å². The molecule has 0 unspecified atom stereocenters. The van der Waals surface area contributed by atoms with E-state index in [9.17, 15) is 4.79 Å². The van der Waals surface area contributed by atoms with Gasteiger partial charge in [0.2, 0.25) is 5.75 Å². The van der Waals surface area contributed by atoms with Crippen molar-refractivity contribution < 1.29 is 19.0 Å². The molecule has 2 rings (SSSR count). The number of rotatable bonds is 7. The van der Waals surface area contributed by atoms with Crippen LogP contribution in [0.1, 0.15) is 23.0 Å². The van der Waals surface area contributed by atoms with Crippen LogP contribution in [0.2, 0.25) is 5.02 Å². The van der Waals surface area contributed by atoms with Crippen LogP contribution < -0.4 is 14.2 Å². The Morgan fingerprint density at radius 1 is 1.20 bits per heavy atom. The Kier molecular flexibility index (Phi) is 6.14. The standard InChI is InChI=1S/C17H22ClN3O4/c1-6-21-13(12(18)9-19-21)10-20(2)17(22)11-7-8-14(23-3)16(25-5)15(11)24-4/h7-9H,6,10H2,1-5H3. The molecule has 8 heteroatoms. The molecule has 0 fully saturated rings. The van der Waals surface area contributed by atoms with E-state index in [1.54, 1.807) is 35.0 Å². The van der Waals surface area contributed by atoms with Gasteiger partial charge in [-0.15, -0.1) is 0 Å². The summed E-state index contributed by atoms with van der Waals surface area (Å²) in [7, 11) is 6.20. The van der Waals surface area contributed by atoms with E-state index >= 15 is 0 Å². The van der Waals surface area contributed by atoms with Gasteiger partial charge in [0.25, 0.3) is 5.91 Å². The molecule has 0 saturated carbocycles. The molecule has 1 amide bonds. The zero-order chi connectivity index (χ0) is 18.6. The van der Waals surface area contributed by atoms with Crippen molar-refractivity contribution in [2.75, 3.05) is 28.4 Å². The fourth-order valence-electron chi connectivity index (χ4n) is 2.59. The lowest BCUT2D eigenvalue weighted by Gasteiger charge is -2.21. The number of carbonyl (C=O) groups is 1. The third-order valence-electron chi connectivity index (χ3n) is 3.87. The van der Waals surface area contributed by atoms with E-state index in [0.717, 1.165) is 5.69 Å². The molecule has 0 aliphatic heterocycles. The first-order chi connectivity index (χ1) is 12.0. The van der Waals surface area contributed by atoms with Gasteiger partial charge in [-0.25, -0.2) is 0 Å². The Labute approximate surface area is 152 Å². The predicted octanol–water partition coefficient (Wildman–Crippen LogP) is 2.85. The summed E-state index contributed by atoms with van der Waals surface area (Å²) in [6.07, 6.45) is 1.58. The summed E-state index contributed by atoms with van der Waals surface area (Å²) in [5.41, 5.74) is 1.15. The van der Waals surface area contributed by atoms with E-state index in [4.69, 9.17) is 25.8 Å². The number of benzene rings is 1. The van der Waals surface area contributed by atoms with Gasteiger partial charge in [-0.1, -0.05) is 11.6 Å². The summed E-state index contributed by atoms with van der Waals surface area (Å²) in [6.45, 7) is 2.96. The molecule has 0 aliphatic carbocycles. The second-order valence-electron chi connectivity index (χ2n) is 5.30. The van der Waals surface area contributed by atoms with Gasteiger partial charge >= 0.3 is 0 Å². The van der Waals surface area contributed by atoms with Crippen LogP contribution in [0, 0.1) is 0 Å². The first-order valence-corrected chi connectivity index (χ1v) is 8.10. The Morgan fingerprint density at radius 2 is 1.88 bits per heavy atom. The van der Waals surface area contributed by atoms with Gasteiger partial charge in [-0.2, -0.15) is 5.10 Å². The maximum Gasteiger partial charge on any atom is 0.257 e. The highest BCUT2D eigenvalue weighted by atomic mass is 35.5. The predicted molar refractivity (Wildman–Crippen MR) is 94.8 cm³/mol. The molecule has 25 heavy (non-hydrogen) atoms. The van der Waals surface area contributed by atoms with Crippen molar-refractivity contribution in [1.29, 1.82) is 0 Å². The van der Waals surface area contributed by atoms with Crippen molar-refractivity contribution in [2.24, 2.45) is 0 Å². The molecule has 7 nitrogen and oxygen atoms in total. The molecule has 1 heterocycles. The fraction of sp³-hybridized carbons (Fsp3) is 0.412. The zero-order valence-corrected chi connectivity index (χ0v) is 15.8. The average molecular weight is 368 g/mol. The Morgan fingerprint density at radius 3 is 2.44 bits per heavy atom. The fourth-order valence-corrected chi connectivity index (χ4v) is 2.79. The molecule has 0 saturated heterocycles. The molecule has 0 spiro atoms. The maximum atomic E-state index is 12.9. The van der Waals surface area contributed by atoms with Gasteiger partial charge < -0.3 is 19.1 Å². The third-order valence-corrected chi connectivity index (χ3v) is 4.18. The molecular weight excluding hydrogens is 346 g/mol. The van der Waals surface area contributed by atoms with E-state index in [-0.39, 0.29) is 5.91 Å². The van der Waals surface area contributed by atoms with Crippen molar-refractivity contribution in [1.82, 2.24) is 14.7 Å². The minimum atomic E-state index is -0.224. The van der Waals surface area contributed by atoms with Gasteiger partial charge in [0, 0.05) is 13.6 Å². The Bertz CT molecular complexity index is 761. The number of carbonyl (C=O) groups excluding carboxylic acids is 1. The maximum absolute atomic E-state index is 12.9. The Balaban J connectivity index is 2.35. The van der Waals surface area contributed by atoms with Gasteiger partial charge in [0.15, 0.2) is 11.5 Å². The smallest absolute Gasteiger partial charge is 0.257 e. The average Bonchev–Trinajstić information content (AvgIpc) is 2.99. The van der Waals surface area contributed by atoms with Crippen LogP contribution in [0.5, 0.6) is 17.2 Å². The third kappa shape index (κ3) is 3.66. The number of ether oxygens (including phenoxy) is 3. The minimum Gasteiger partial charge on any atom is -0.493 e. The van der Waals surface area contributed by atoms with Crippen LogP contribution in [0.25, 0.3) is 0 Å². The van der Waals surface area contributed by atoms with Crippen LogP contribution in [0.15, 0.2) is 18.3 Å². The molecular formula is C17H22ClN3O4. The van der Waals surface area contributed by atoms with Crippen molar-refractivity contribution in [3.05, 3.63) is 34.6 Å². The van der Waals surface area contributed by atoms with E-state index < -0.39 is 0 Å². The van der Waals surface area contributed by atoms with Crippen molar-refractivity contribution in [3.63, 3.8) is 0 Å². The number of hydrogen-bond donors (Lipinski definition) is 0. The van der Waals surface area contributed by atoms with E-state index in [2.05, 4.69) is 5.10 Å². The number of amides is 1. The monoisotopic (exact) mass is 367 g/mol. The molecule has 1 aromatic heterocycles. The van der Waals surface area contributed by atoms with Crippen LogP contribution >= 0.6 is 11.6 Å². The van der Waals surface area contributed by atoms with E-state index in [1.807, 2.05) is 6.92 Å². The summed E-state index contributed by atoms with van der Waals surface area (Å²) in [6, 6.07) is 3.32. The van der Waals surface area contributed by atoms with E-state index in [1.165, 1.54) is 21.3 Å². The highest BCUT2D eigenvalue weighted by molar-refractivity contribution is 6.31. The SMILES string of the molecule is CCn1ncc(Cl)c1CN(C)C(=O)c1ccc(OC)c(OC)c1OC. The van der Waals surface area contributed by atoms with Gasteiger partial charge in [0.1, 0.15) is 0 Å². The number of methoxy groups -OCH3 is 3. The number of nitrogens with zero attached hydrogens (tertiary/aromatic N) is 3. The number of hydrogen-bond acceptors (Lipinski definition) is 5. The minimum absolute atomic E-state index is 0.224. The second kappa shape index (κ2) is 8.11. The second-order valence-corrected chi connectivity index (χ2v) is 5.71. The molecule has 0 radical (unpaired) electrons. The van der Waals surface area contributed by atoms with Crippen molar-refractivity contribution in [2.45, 2.75) is 20.0 Å². The molecule has 0 N–H and O–H groups in total. The summed E-state index contributed by atoms with van der Waals surface area (Å²) in [5, 5.41) is 4.72. The normalized spacial score (nSPS) is 10.5. The number of aryl methyl sites for hydroxylation is 1. The quantitative estimate of drug-likeness (QED) is 0.752.